The molecule has 1 N–H and O–H groups in total. The smallest absolute Gasteiger partial charge is 0.294 e. The van der Waals surface area contributed by atoms with E-state index in [1.807, 2.05) is 48.6 Å². The highest BCUT2D eigenvalue weighted by Gasteiger charge is 2.36. The molecule has 1 saturated heterocycles. The van der Waals surface area contributed by atoms with Gasteiger partial charge in [0.15, 0.2) is 3.77 Å². The van der Waals surface area contributed by atoms with Crippen LogP contribution < -0.4 is 5.32 Å². The highest BCUT2D eigenvalue weighted by molar-refractivity contribution is 14.1. The van der Waals surface area contributed by atoms with Gasteiger partial charge < -0.3 is 9.73 Å². The molecule has 0 atom stereocenters. The molecule has 134 valence electrons. The number of nitrogens with one attached hydrogen (secondary N) is 1. The fraction of sp³-hybridized carbons (Fsp3) is 0.167. The summed E-state index contributed by atoms with van der Waals surface area (Å²) >= 11 is 2.81. The number of carbonyl (C=O) groups excluding carboxylic acids is 3. The van der Waals surface area contributed by atoms with Crippen LogP contribution in [-0.2, 0) is 9.59 Å². The zero-order valence-corrected chi connectivity index (χ0v) is 17.0. The third-order valence-corrected chi connectivity index (χ3v) is 5.32. The van der Waals surface area contributed by atoms with Crippen molar-refractivity contribution in [2.24, 2.45) is 0 Å². The molecule has 1 aromatic carbocycles. The Morgan fingerprint density at radius 3 is 2.65 bits per heavy atom. The van der Waals surface area contributed by atoms with Crippen LogP contribution in [0, 0.1) is 17.6 Å². The quantitative estimate of drug-likeness (QED) is 0.523. The summed E-state index contributed by atoms with van der Waals surface area (Å²) in [5.41, 5.74) is 2.79. The summed E-state index contributed by atoms with van der Waals surface area (Å²) in [5.74, 6) is -0.439. The number of imide groups is 1. The van der Waals surface area contributed by atoms with E-state index in [2.05, 4.69) is 5.32 Å². The first kappa shape index (κ1) is 18.7. The SMILES string of the molecule is Cc1ccc(NC(=O)CN2C(=O)S/C(=C\c3ccc(I)o3)C2=O)cc1C. The van der Waals surface area contributed by atoms with Crippen LogP contribution in [0.5, 0.6) is 0 Å². The maximum Gasteiger partial charge on any atom is 0.294 e. The molecule has 3 rings (SSSR count). The fourth-order valence-electron chi connectivity index (χ4n) is 2.33. The number of nitrogens with zero attached hydrogens (tertiary/aromatic N) is 1. The fourth-order valence-corrected chi connectivity index (χ4v) is 3.59. The minimum atomic E-state index is -0.498. The maximum atomic E-state index is 12.4. The number of aryl methyl sites for hydroxylation is 2. The first-order chi connectivity index (χ1) is 12.3. The van der Waals surface area contributed by atoms with Crippen LogP contribution in [0.4, 0.5) is 10.5 Å². The van der Waals surface area contributed by atoms with Gasteiger partial charge in [0.05, 0.1) is 4.91 Å². The Hall–Kier alpha value is -2.07. The minimum absolute atomic E-state index is 0.236. The highest BCUT2D eigenvalue weighted by Crippen LogP contribution is 2.32. The van der Waals surface area contributed by atoms with Gasteiger partial charge in [0.1, 0.15) is 12.3 Å². The molecule has 0 aliphatic carbocycles. The molecule has 1 aliphatic heterocycles. The van der Waals surface area contributed by atoms with Gasteiger partial charge in [0.2, 0.25) is 5.91 Å². The van der Waals surface area contributed by atoms with Gasteiger partial charge in [-0.15, -0.1) is 0 Å². The molecule has 0 saturated carbocycles. The Bertz CT molecular complexity index is 935. The molecule has 2 heterocycles. The van der Waals surface area contributed by atoms with E-state index >= 15 is 0 Å². The van der Waals surface area contributed by atoms with Crippen molar-refractivity contribution in [1.29, 1.82) is 0 Å². The van der Waals surface area contributed by atoms with Crippen molar-refractivity contribution < 1.29 is 18.8 Å². The third-order valence-electron chi connectivity index (χ3n) is 3.83. The Morgan fingerprint density at radius 2 is 2.00 bits per heavy atom. The largest absolute Gasteiger partial charge is 0.451 e. The summed E-state index contributed by atoms with van der Waals surface area (Å²) in [7, 11) is 0. The van der Waals surface area contributed by atoms with Gasteiger partial charge in [-0.3, -0.25) is 19.3 Å². The third kappa shape index (κ3) is 4.18. The lowest BCUT2D eigenvalue weighted by molar-refractivity contribution is -0.127. The molecule has 26 heavy (non-hydrogen) atoms. The van der Waals surface area contributed by atoms with Crippen LogP contribution in [0.2, 0.25) is 0 Å². The molecule has 3 amide bonds. The summed E-state index contributed by atoms with van der Waals surface area (Å²) in [4.78, 5) is 37.9. The molecule has 0 bridgehead atoms. The van der Waals surface area contributed by atoms with Gasteiger partial charge in [-0.1, -0.05) is 6.07 Å². The molecular weight excluding hydrogens is 467 g/mol. The first-order valence-electron chi connectivity index (χ1n) is 7.71. The zero-order valence-electron chi connectivity index (χ0n) is 14.0. The summed E-state index contributed by atoms with van der Waals surface area (Å²) in [6, 6.07) is 9.00. The number of hydrogen-bond acceptors (Lipinski definition) is 5. The number of anilines is 1. The monoisotopic (exact) mass is 482 g/mol. The molecule has 0 spiro atoms. The lowest BCUT2D eigenvalue weighted by Crippen LogP contribution is -2.36. The number of amides is 3. The standard InChI is InChI=1S/C18H15IN2O4S/c1-10-3-4-12(7-11(10)2)20-16(22)9-21-17(23)14(26-18(21)24)8-13-5-6-15(19)25-13/h3-8H,9H2,1-2H3,(H,20,22)/b14-8-. The number of rotatable bonds is 4. The summed E-state index contributed by atoms with van der Waals surface area (Å²) < 4.78 is 6.06. The Morgan fingerprint density at radius 1 is 1.23 bits per heavy atom. The molecule has 6 nitrogen and oxygen atoms in total. The topological polar surface area (TPSA) is 79.6 Å². The summed E-state index contributed by atoms with van der Waals surface area (Å²) in [6.07, 6.45) is 1.51. The van der Waals surface area contributed by atoms with Crippen molar-refractivity contribution in [3.05, 3.63) is 55.9 Å². The van der Waals surface area contributed by atoms with Crippen molar-refractivity contribution >= 4 is 63.2 Å². The molecule has 0 radical (unpaired) electrons. The van der Waals surface area contributed by atoms with Crippen molar-refractivity contribution in [2.45, 2.75) is 13.8 Å². The van der Waals surface area contributed by atoms with Crippen LogP contribution in [-0.4, -0.2) is 28.5 Å². The molecule has 8 heteroatoms. The Labute approximate surface area is 168 Å². The minimum Gasteiger partial charge on any atom is -0.451 e. The highest BCUT2D eigenvalue weighted by atomic mass is 127. The second-order valence-electron chi connectivity index (χ2n) is 5.76. The Kier molecular flexibility index (Phi) is 5.52. The molecule has 0 unspecified atom stereocenters. The van der Waals surface area contributed by atoms with E-state index in [0.29, 0.717) is 15.2 Å². The number of benzene rings is 1. The van der Waals surface area contributed by atoms with E-state index in [1.165, 1.54) is 6.08 Å². The van der Waals surface area contributed by atoms with Crippen LogP contribution in [0.1, 0.15) is 16.9 Å². The molecule has 1 fully saturated rings. The molecular formula is C18H15IN2O4S. The van der Waals surface area contributed by atoms with Gasteiger partial charge in [0, 0.05) is 11.8 Å². The predicted molar refractivity (Wildman–Crippen MR) is 109 cm³/mol. The van der Waals surface area contributed by atoms with Crippen molar-refractivity contribution in [3.63, 3.8) is 0 Å². The lowest BCUT2D eigenvalue weighted by Gasteiger charge is -2.13. The van der Waals surface area contributed by atoms with Crippen LogP contribution in [0.3, 0.4) is 0 Å². The maximum absolute atomic E-state index is 12.4. The van der Waals surface area contributed by atoms with E-state index in [1.54, 1.807) is 18.2 Å². The van der Waals surface area contributed by atoms with Crippen LogP contribution in [0.25, 0.3) is 6.08 Å². The van der Waals surface area contributed by atoms with E-state index in [9.17, 15) is 14.4 Å². The van der Waals surface area contributed by atoms with Crippen molar-refractivity contribution in [2.75, 3.05) is 11.9 Å². The molecule has 2 aromatic rings. The average molecular weight is 482 g/mol. The lowest BCUT2D eigenvalue weighted by atomic mass is 10.1. The predicted octanol–water partition coefficient (Wildman–Crippen LogP) is 4.18. The van der Waals surface area contributed by atoms with E-state index < -0.39 is 17.1 Å². The van der Waals surface area contributed by atoms with E-state index in [-0.39, 0.29) is 11.4 Å². The second kappa shape index (κ2) is 7.67. The van der Waals surface area contributed by atoms with Crippen molar-refractivity contribution in [3.8, 4) is 0 Å². The first-order valence-corrected chi connectivity index (χ1v) is 9.61. The van der Waals surface area contributed by atoms with E-state index in [4.69, 9.17) is 4.42 Å². The van der Waals surface area contributed by atoms with Crippen molar-refractivity contribution in [1.82, 2.24) is 4.90 Å². The second-order valence-corrected chi connectivity index (χ2v) is 7.81. The van der Waals surface area contributed by atoms with Gasteiger partial charge in [0.25, 0.3) is 11.1 Å². The summed E-state index contributed by atoms with van der Waals surface area (Å²) in [5, 5.41) is 2.24. The van der Waals surface area contributed by atoms with E-state index in [0.717, 1.165) is 27.8 Å². The van der Waals surface area contributed by atoms with Gasteiger partial charge >= 0.3 is 0 Å². The normalized spacial score (nSPS) is 15.8. The number of hydrogen-bond donors (Lipinski definition) is 1. The van der Waals surface area contributed by atoms with Gasteiger partial charge in [-0.25, -0.2) is 0 Å². The molecule has 1 aromatic heterocycles. The summed E-state index contributed by atoms with van der Waals surface area (Å²) in [6.45, 7) is 3.60. The molecule has 1 aliphatic rings. The zero-order chi connectivity index (χ0) is 18.8. The van der Waals surface area contributed by atoms with Crippen LogP contribution >= 0.6 is 34.4 Å². The van der Waals surface area contributed by atoms with Gasteiger partial charge in [-0.2, -0.15) is 0 Å². The number of furan rings is 1. The number of halogens is 1. The van der Waals surface area contributed by atoms with Crippen LogP contribution in [0.15, 0.2) is 39.7 Å². The number of carbonyl (C=O) groups is 3. The average Bonchev–Trinajstić information content (AvgIpc) is 3.09. The van der Waals surface area contributed by atoms with Gasteiger partial charge in [-0.05, 0) is 83.6 Å². The number of thioether (sulfide) groups is 1. The Balaban J connectivity index is 1.68.